The van der Waals surface area contributed by atoms with Crippen LogP contribution in [-0.4, -0.2) is 28.9 Å². The predicted octanol–water partition coefficient (Wildman–Crippen LogP) is 1.25. The lowest BCUT2D eigenvalue weighted by Crippen LogP contribution is -2.26. The van der Waals surface area contributed by atoms with Gasteiger partial charge in [0.25, 0.3) is 5.91 Å². The normalized spacial score (nSPS) is 10.1. The topological polar surface area (TPSA) is 68.0 Å². The molecule has 0 atom stereocenters. The third-order valence-electron chi connectivity index (χ3n) is 1.73. The number of hydrogen-bond acceptors (Lipinski definition) is 5. The van der Waals surface area contributed by atoms with E-state index in [1.54, 1.807) is 17.1 Å². The Labute approximate surface area is 103 Å². The zero-order valence-electron chi connectivity index (χ0n) is 8.94. The lowest BCUT2D eigenvalue weighted by molar-refractivity contribution is 0.0952. The Morgan fingerprint density at radius 3 is 3.19 bits per heavy atom. The van der Waals surface area contributed by atoms with Gasteiger partial charge in [0.2, 0.25) is 0 Å². The molecule has 1 amide bonds. The quantitative estimate of drug-likeness (QED) is 0.570. The Hall–Kier alpha value is -0.850. The molecular weight excluding hydrogens is 242 g/mol. The van der Waals surface area contributed by atoms with Gasteiger partial charge >= 0.3 is 0 Å². The van der Waals surface area contributed by atoms with E-state index in [2.05, 4.69) is 16.9 Å². The van der Waals surface area contributed by atoms with Crippen LogP contribution in [0.2, 0.25) is 0 Å². The van der Waals surface area contributed by atoms with Crippen LogP contribution < -0.4 is 11.1 Å². The number of nitrogens with zero attached hydrogens (tertiary/aromatic N) is 1. The minimum absolute atomic E-state index is 0.129. The van der Waals surface area contributed by atoms with Gasteiger partial charge in [0.1, 0.15) is 10.7 Å². The molecule has 1 aromatic heterocycles. The van der Waals surface area contributed by atoms with E-state index in [1.807, 2.05) is 6.08 Å². The molecular formula is C10H15N3OS2. The first-order valence-corrected chi connectivity index (χ1v) is 6.92. The second-order valence-corrected chi connectivity index (χ2v) is 5.04. The molecule has 0 saturated carbocycles. The van der Waals surface area contributed by atoms with Crippen LogP contribution in [0.3, 0.4) is 0 Å². The average molecular weight is 257 g/mol. The van der Waals surface area contributed by atoms with Gasteiger partial charge < -0.3 is 11.1 Å². The molecule has 0 radical (unpaired) electrons. The van der Waals surface area contributed by atoms with Gasteiger partial charge in [-0.2, -0.15) is 11.8 Å². The Kier molecular flexibility index (Phi) is 6.14. The van der Waals surface area contributed by atoms with Crippen molar-refractivity contribution in [2.24, 2.45) is 5.73 Å². The summed E-state index contributed by atoms with van der Waals surface area (Å²) >= 11 is 3.14. The van der Waals surface area contributed by atoms with Crippen molar-refractivity contribution in [3.8, 4) is 0 Å². The fraction of sp³-hybridized carbons (Fsp3) is 0.400. The molecule has 0 aliphatic heterocycles. The average Bonchev–Trinajstić information content (AvgIpc) is 2.77. The van der Waals surface area contributed by atoms with Crippen molar-refractivity contribution in [2.45, 2.75) is 6.54 Å². The molecule has 0 aromatic carbocycles. The third-order valence-corrected chi connectivity index (χ3v) is 3.56. The molecule has 0 spiro atoms. The van der Waals surface area contributed by atoms with Gasteiger partial charge in [-0.05, 0) is 0 Å². The van der Waals surface area contributed by atoms with Gasteiger partial charge in [-0.1, -0.05) is 6.08 Å². The van der Waals surface area contributed by atoms with Crippen LogP contribution in [0.15, 0.2) is 18.0 Å². The Bertz CT molecular complexity index is 352. The van der Waals surface area contributed by atoms with E-state index in [1.165, 1.54) is 11.3 Å². The molecule has 6 heteroatoms. The van der Waals surface area contributed by atoms with Gasteiger partial charge in [-0.15, -0.1) is 17.9 Å². The molecule has 0 aliphatic rings. The molecule has 4 nitrogen and oxygen atoms in total. The first-order valence-electron chi connectivity index (χ1n) is 4.89. The minimum atomic E-state index is -0.129. The highest BCUT2D eigenvalue weighted by Gasteiger charge is 2.08. The monoisotopic (exact) mass is 257 g/mol. The number of thiazole rings is 1. The number of rotatable bonds is 7. The summed E-state index contributed by atoms with van der Waals surface area (Å²) in [6.45, 7) is 4.65. The summed E-state index contributed by atoms with van der Waals surface area (Å²) in [6, 6.07) is 0. The zero-order valence-corrected chi connectivity index (χ0v) is 10.6. The summed E-state index contributed by atoms with van der Waals surface area (Å²) in [6.07, 6.45) is 1.85. The number of aromatic nitrogens is 1. The van der Waals surface area contributed by atoms with Crippen LogP contribution >= 0.6 is 23.1 Å². The summed E-state index contributed by atoms with van der Waals surface area (Å²) in [5.74, 6) is 1.66. The summed E-state index contributed by atoms with van der Waals surface area (Å²) in [7, 11) is 0. The van der Waals surface area contributed by atoms with Crippen molar-refractivity contribution < 1.29 is 4.79 Å². The first kappa shape index (κ1) is 13.2. The lowest BCUT2D eigenvalue weighted by Gasteiger charge is -2.01. The van der Waals surface area contributed by atoms with Crippen molar-refractivity contribution in [1.29, 1.82) is 0 Å². The Balaban J connectivity index is 2.26. The fourth-order valence-electron chi connectivity index (χ4n) is 1.00. The van der Waals surface area contributed by atoms with Crippen molar-refractivity contribution in [2.75, 3.05) is 18.1 Å². The van der Waals surface area contributed by atoms with Crippen molar-refractivity contribution in [1.82, 2.24) is 10.3 Å². The highest BCUT2D eigenvalue weighted by molar-refractivity contribution is 7.99. The maximum Gasteiger partial charge on any atom is 0.270 e. The zero-order chi connectivity index (χ0) is 11.8. The van der Waals surface area contributed by atoms with Crippen molar-refractivity contribution >= 4 is 29.0 Å². The molecule has 0 saturated heterocycles. The van der Waals surface area contributed by atoms with Crippen molar-refractivity contribution in [3.05, 3.63) is 28.7 Å². The fourth-order valence-corrected chi connectivity index (χ4v) is 2.24. The van der Waals surface area contributed by atoms with E-state index in [9.17, 15) is 4.79 Å². The van der Waals surface area contributed by atoms with Crippen LogP contribution in [0.4, 0.5) is 0 Å². The Morgan fingerprint density at radius 2 is 2.56 bits per heavy atom. The molecule has 0 aliphatic carbocycles. The number of amides is 1. The van der Waals surface area contributed by atoms with Crippen LogP contribution in [0.1, 0.15) is 15.5 Å². The molecule has 0 fully saturated rings. The molecule has 1 heterocycles. The van der Waals surface area contributed by atoms with Crippen LogP contribution in [-0.2, 0) is 6.54 Å². The second kappa shape index (κ2) is 7.43. The van der Waals surface area contributed by atoms with Crippen LogP contribution in [0, 0.1) is 0 Å². The Morgan fingerprint density at radius 1 is 1.75 bits per heavy atom. The predicted molar refractivity (Wildman–Crippen MR) is 69.9 cm³/mol. The standard InChI is InChI=1S/C10H15N3OS2/c1-2-4-15-5-3-12-10(14)8-7-16-9(6-11)13-8/h2,7H,1,3-6,11H2,(H,12,14). The molecule has 1 rings (SSSR count). The van der Waals surface area contributed by atoms with Gasteiger partial charge in [-0.3, -0.25) is 4.79 Å². The second-order valence-electron chi connectivity index (χ2n) is 2.95. The lowest BCUT2D eigenvalue weighted by atomic mass is 10.4. The maximum absolute atomic E-state index is 11.6. The summed E-state index contributed by atoms with van der Waals surface area (Å²) in [5.41, 5.74) is 5.88. The van der Waals surface area contributed by atoms with Gasteiger partial charge in [-0.25, -0.2) is 4.98 Å². The molecule has 1 aromatic rings. The largest absolute Gasteiger partial charge is 0.350 e. The number of carbonyl (C=O) groups is 1. The van der Waals surface area contributed by atoms with E-state index in [-0.39, 0.29) is 5.91 Å². The number of carbonyl (C=O) groups excluding carboxylic acids is 1. The number of hydrogen-bond donors (Lipinski definition) is 2. The first-order chi connectivity index (χ1) is 7.77. The maximum atomic E-state index is 11.6. The van der Waals surface area contributed by atoms with Crippen molar-refractivity contribution in [3.63, 3.8) is 0 Å². The van der Waals surface area contributed by atoms with E-state index in [0.717, 1.165) is 16.5 Å². The summed E-state index contributed by atoms with van der Waals surface area (Å²) in [5, 5.41) is 5.32. The molecule has 88 valence electrons. The SMILES string of the molecule is C=CCSCCNC(=O)c1csc(CN)n1. The molecule has 3 N–H and O–H groups in total. The summed E-state index contributed by atoms with van der Waals surface area (Å²) < 4.78 is 0. The van der Waals surface area contributed by atoms with Crippen LogP contribution in [0.5, 0.6) is 0 Å². The number of nitrogens with two attached hydrogens (primary N) is 1. The van der Waals surface area contributed by atoms with Gasteiger partial charge in [0, 0.05) is 30.0 Å². The number of nitrogens with one attached hydrogen (secondary N) is 1. The van der Waals surface area contributed by atoms with E-state index in [0.29, 0.717) is 18.8 Å². The highest BCUT2D eigenvalue weighted by Crippen LogP contribution is 2.08. The molecule has 0 unspecified atom stereocenters. The van der Waals surface area contributed by atoms with E-state index in [4.69, 9.17) is 5.73 Å². The van der Waals surface area contributed by atoms with Crippen LogP contribution in [0.25, 0.3) is 0 Å². The summed E-state index contributed by atoms with van der Waals surface area (Å²) in [4.78, 5) is 15.7. The number of thioether (sulfide) groups is 1. The van der Waals surface area contributed by atoms with Gasteiger partial charge in [0.05, 0.1) is 0 Å². The minimum Gasteiger partial charge on any atom is -0.350 e. The molecule has 0 bridgehead atoms. The molecule has 16 heavy (non-hydrogen) atoms. The van der Waals surface area contributed by atoms with E-state index < -0.39 is 0 Å². The third kappa shape index (κ3) is 4.34. The highest BCUT2D eigenvalue weighted by atomic mass is 32.2. The smallest absolute Gasteiger partial charge is 0.270 e. The van der Waals surface area contributed by atoms with E-state index >= 15 is 0 Å². The van der Waals surface area contributed by atoms with Gasteiger partial charge in [0.15, 0.2) is 0 Å².